The first-order valence-corrected chi connectivity index (χ1v) is 6.32. The molecule has 0 bridgehead atoms. The average Bonchev–Trinajstić information content (AvgIpc) is 2.41. The molecule has 0 radical (unpaired) electrons. The highest BCUT2D eigenvalue weighted by Gasteiger charge is 2.41. The molecule has 1 aliphatic rings. The zero-order valence-electron chi connectivity index (χ0n) is 11.6. The van der Waals surface area contributed by atoms with E-state index in [4.69, 9.17) is 0 Å². The first kappa shape index (κ1) is 16.6. The molecule has 118 valence electrons. The molecule has 1 aromatic carbocycles. The fourth-order valence-corrected chi connectivity index (χ4v) is 2.26. The van der Waals surface area contributed by atoms with Crippen molar-refractivity contribution in [3.8, 4) is 0 Å². The van der Waals surface area contributed by atoms with E-state index >= 15 is 0 Å². The van der Waals surface area contributed by atoms with Crippen molar-refractivity contribution in [2.75, 3.05) is 0 Å². The van der Waals surface area contributed by atoms with Crippen molar-refractivity contribution in [1.82, 2.24) is 0 Å². The zero-order valence-corrected chi connectivity index (χ0v) is 11.6. The van der Waals surface area contributed by atoms with Gasteiger partial charge in [0.2, 0.25) is 0 Å². The van der Waals surface area contributed by atoms with Crippen LogP contribution in [0, 0.1) is 24.4 Å². The Labute approximate surface area is 122 Å². The Kier molecular flexibility index (Phi) is 4.15. The third-order valence-corrected chi connectivity index (χ3v) is 3.53. The van der Waals surface area contributed by atoms with Crippen LogP contribution in [0.4, 0.5) is 30.7 Å². The molecule has 8 heteroatoms. The molecule has 0 heterocycles. The molecule has 0 aliphatic heterocycles. The molecule has 0 aromatic heterocycles. The van der Waals surface area contributed by atoms with Crippen molar-refractivity contribution >= 4 is 12.7 Å². The van der Waals surface area contributed by atoms with Gasteiger partial charge in [-0.05, 0) is 37.0 Å². The molecular weight excluding hydrogens is 312 g/mol. The molecule has 0 N–H and O–H groups in total. The Morgan fingerprint density at radius 3 is 2.23 bits per heavy atom. The second-order valence-corrected chi connectivity index (χ2v) is 5.31. The summed E-state index contributed by atoms with van der Waals surface area (Å²) in [6.07, 6.45) is 0.191. The fraction of sp³-hybridized carbons (Fsp3) is 0.286. The summed E-state index contributed by atoms with van der Waals surface area (Å²) < 4.78 is 95.4. The summed E-state index contributed by atoms with van der Waals surface area (Å²) in [5, 5.41) is 0. The molecule has 1 aliphatic carbocycles. The largest absolute Gasteiger partial charge is 0.232 e. The van der Waals surface area contributed by atoms with Gasteiger partial charge in [0.25, 0.3) is 0 Å². The summed E-state index contributed by atoms with van der Waals surface area (Å²) in [5.74, 6) is -11.3. The molecule has 0 spiro atoms. The smallest absolute Gasteiger partial charge is 0.185 e. The predicted octanol–water partition coefficient (Wildman–Crippen LogP) is 4.01. The molecule has 0 fully saturated rings. The molecule has 2 rings (SSSR count). The number of halogens is 7. The van der Waals surface area contributed by atoms with Crippen LogP contribution in [0.1, 0.15) is 12.5 Å². The Morgan fingerprint density at radius 2 is 1.64 bits per heavy atom. The summed E-state index contributed by atoms with van der Waals surface area (Å²) in [5.41, 5.74) is -4.22. The third kappa shape index (κ3) is 2.66. The SMILES string of the molecule is Cc1cc(F)c(BC2C(F)=CC(C)(F)C(F)=C2F)c(F)c1F. The standard InChI is InChI=1S/C14H10BF7/c1-5-3-6(16)8(11(19)10(5)18)15-9-7(17)4-14(2,22)13(21)12(9)20/h3-4,9,15H,1-2H3. The quantitative estimate of drug-likeness (QED) is 0.438. The van der Waals surface area contributed by atoms with Gasteiger partial charge in [-0.2, -0.15) is 0 Å². The molecule has 1 aromatic rings. The molecule has 0 saturated carbocycles. The maximum atomic E-state index is 13.8. The van der Waals surface area contributed by atoms with Crippen LogP contribution in [0.2, 0.25) is 5.82 Å². The summed E-state index contributed by atoms with van der Waals surface area (Å²) in [6, 6.07) is 0.662. The molecule has 0 amide bonds. The minimum Gasteiger partial charge on any atom is -0.232 e. The molecule has 2 unspecified atom stereocenters. The van der Waals surface area contributed by atoms with Crippen LogP contribution in [0.25, 0.3) is 0 Å². The van der Waals surface area contributed by atoms with Crippen LogP contribution >= 0.6 is 0 Å². The monoisotopic (exact) mass is 322 g/mol. The summed E-state index contributed by atoms with van der Waals surface area (Å²) in [6.45, 7) is 1.71. The molecular formula is C14H10BF7. The van der Waals surface area contributed by atoms with Crippen molar-refractivity contribution in [2.45, 2.75) is 25.3 Å². The number of allylic oxidation sites excluding steroid dienone is 4. The van der Waals surface area contributed by atoms with Gasteiger partial charge in [-0.3, -0.25) is 0 Å². The number of hydrogen-bond acceptors (Lipinski definition) is 0. The Bertz CT molecular complexity index is 691. The predicted molar refractivity (Wildman–Crippen MR) is 69.5 cm³/mol. The van der Waals surface area contributed by atoms with Crippen molar-refractivity contribution < 1.29 is 30.7 Å². The lowest BCUT2D eigenvalue weighted by atomic mass is 9.56. The third-order valence-electron chi connectivity index (χ3n) is 3.53. The summed E-state index contributed by atoms with van der Waals surface area (Å²) >= 11 is 0. The highest BCUT2D eigenvalue weighted by Crippen LogP contribution is 2.43. The number of rotatable bonds is 2. The van der Waals surface area contributed by atoms with Crippen LogP contribution in [0.15, 0.2) is 29.6 Å². The summed E-state index contributed by atoms with van der Waals surface area (Å²) in [4.78, 5) is 0. The zero-order chi connectivity index (χ0) is 16.8. The topological polar surface area (TPSA) is 0 Å². The number of hydrogen-bond donors (Lipinski definition) is 0. The van der Waals surface area contributed by atoms with E-state index in [0.29, 0.717) is 13.0 Å². The highest BCUT2D eigenvalue weighted by atomic mass is 19.2. The first-order chi connectivity index (χ1) is 10.1. The van der Waals surface area contributed by atoms with Crippen molar-refractivity contribution in [3.05, 3.63) is 52.6 Å². The molecule has 2 atom stereocenters. The van der Waals surface area contributed by atoms with E-state index in [9.17, 15) is 30.7 Å². The highest BCUT2D eigenvalue weighted by molar-refractivity contribution is 6.56. The van der Waals surface area contributed by atoms with Crippen LogP contribution in [0.3, 0.4) is 0 Å². The van der Waals surface area contributed by atoms with Crippen molar-refractivity contribution in [2.24, 2.45) is 0 Å². The van der Waals surface area contributed by atoms with Gasteiger partial charge in [0.05, 0.1) is 0 Å². The van der Waals surface area contributed by atoms with Gasteiger partial charge in [0.1, 0.15) is 17.5 Å². The van der Waals surface area contributed by atoms with E-state index in [1.807, 2.05) is 0 Å². The number of aryl methyl sites for hydroxylation is 1. The first-order valence-electron chi connectivity index (χ1n) is 6.32. The van der Waals surface area contributed by atoms with E-state index in [1.54, 1.807) is 0 Å². The molecule has 22 heavy (non-hydrogen) atoms. The Hall–Kier alpha value is -1.73. The second-order valence-electron chi connectivity index (χ2n) is 5.31. The van der Waals surface area contributed by atoms with Gasteiger partial charge in [0, 0.05) is 5.82 Å². The maximum absolute atomic E-state index is 13.8. The van der Waals surface area contributed by atoms with Crippen LogP contribution in [-0.4, -0.2) is 12.9 Å². The minimum absolute atomic E-state index is 0.191. The molecule has 0 nitrogen and oxygen atoms in total. The van der Waals surface area contributed by atoms with Crippen molar-refractivity contribution in [3.63, 3.8) is 0 Å². The molecule has 0 saturated heterocycles. The lowest BCUT2D eigenvalue weighted by Crippen LogP contribution is -2.32. The van der Waals surface area contributed by atoms with E-state index in [2.05, 4.69) is 0 Å². The van der Waals surface area contributed by atoms with Gasteiger partial charge >= 0.3 is 0 Å². The number of benzene rings is 1. The normalized spacial score (nSPS) is 25.3. The minimum atomic E-state index is -2.97. The van der Waals surface area contributed by atoms with E-state index < -0.39 is 59.2 Å². The van der Waals surface area contributed by atoms with Crippen LogP contribution in [0.5, 0.6) is 0 Å². The van der Waals surface area contributed by atoms with Gasteiger partial charge < -0.3 is 0 Å². The van der Waals surface area contributed by atoms with Crippen LogP contribution < -0.4 is 5.46 Å². The van der Waals surface area contributed by atoms with Crippen LogP contribution in [-0.2, 0) is 0 Å². The van der Waals surface area contributed by atoms with Gasteiger partial charge in [-0.25, -0.2) is 30.7 Å². The summed E-state index contributed by atoms with van der Waals surface area (Å²) in [7, 11) is -1.01. The lowest BCUT2D eigenvalue weighted by molar-refractivity contribution is 0.233. The number of alkyl halides is 1. The van der Waals surface area contributed by atoms with Gasteiger partial charge in [-0.15, -0.1) is 0 Å². The fourth-order valence-electron chi connectivity index (χ4n) is 2.26. The average molecular weight is 322 g/mol. The van der Waals surface area contributed by atoms with E-state index in [-0.39, 0.29) is 11.6 Å². The van der Waals surface area contributed by atoms with Gasteiger partial charge in [-0.1, -0.05) is 0 Å². The van der Waals surface area contributed by atoms with Gasteiger partial charge in [0.15, 0.2) is 30.4 Å². The Morgan fingerprint density at radius 1 is 1.05 bits per heavy atom. The Balaban J connectivity index is 2.47. The maximum Gasteiger partial charge on any atom is 0.185 e. The van der Waals surface area contributed by atoms with E-state index in [1.165, 1.54) is 0 Å². The van der Waals surface area contributed by atoms with E-state index in [0.717, 1.165) is 6.92 Å². The lowest BCUT2D eigenvalue weighted by Gasteiger charge is -2.25. The second kappa shape index (κ2) is 5.48. The van der Waals surface area contributed by atoms with Crippen molar-refractivity contribution in [1.29, 1.82) is 0 Å².